The lowest BCUT2D eigenvalue weighted by atomic mass is 10.2. The van der Waals surface area contributed by atoms with E-state index in [4.69, 9.17) is 29.6 Å². The van der Waals surface area contributed by atoms with Crippen LogP contribution in [-0.4, -0.2) is 11.5 Å². The molecule has 0 unspecified atom stereocenters. The lowest BCUT2D eigenvalue weighted by molar-refractivity contribution is -0.384. The maximum atomic E-state index is 10.6. The smallest absolute Gasteiger partial charge is 0.272 e. The number of halogens is 2. The summed E-state index contributed by atoms with van der Waals surface area (Å²) in [5.41, 5.74) is 0.396. The molecule has 1 aromatic carbocycles. The van der Waals surface area contributed by atoms with Gasteiger partial charge in [-0.1, -0.05) is 23.2 Å². The number of non-ortho nitro benzene ring substituents is 1. The van der Waals surface area contributed by atoms with Crippen LogP contribution in [0.2, 0.25) is 10.0 Å². The Balaban J connectivity index is 2.67. The standard InChI is InChI=1S/C12H12Cl2N2O2/c1-2-3-4-5-6-15-12-10(13)7-9(16(17)18)8-11(12)14/h1,7-8,15H,3-6H2. The largest absolute Gasteiger partial charge is 0.383 e. The van der Waals surface area contributed by atoms with E-state index in [9.17, 15) is 10.1 Å². The highest BCUT2D eigenvalue weighted by Crippen LogP contribution is 2.34. The third-order valence-electron chi connectivity index (χ3n) is 2.29. The van der Waals surface area contributed by atoms with Gasteiger partial charge in [-0.15, -0.1) is 12.3 Å². The van der Waals surface area contributed by atoms with E-state index in [1.165, 1.54) is 12.1 Å². The lowest BCUT2D eigenvalue weighted by Crippen LogP contribution is -2.03. The van der Waals surface area contributed by atoms with Crippen LogP contribution in [0.5, 0.6) is 0 Å². The minimum absolute atomic E-state index is 0.122. The van der Waals surface area contributed by atoms with Crippen LogP contribution in [0.4, 0.5) is 11.4 Å². The summed E-state index contributed by atoms with van der Waals surface area (Å²) in [5, 5.41) is 14.1. The Morgan fingerprint density at radius 1 is 1.33 bits per heavy atom. The average molecular weight is 287 g/mol. The van der Waals surface area contributed by atoms with Crippen molar-refractivity contribution < 1.29 is 4.92 Å². The van der Waals surface area contributed by atoms with E-state index < -0.39 is 4.92 Å². The van der Waals surface area contributed by atoms with Crippen LogP contribution in [0.25, 0.3) is 0 Å². The number of hydrogen-bond donors (Lipinski definition) is 1. The lowest BCUT2D eigenvalue weighted by Gasteiger charge is -2.09. The molecule has 0 amide bonds. The molecule has 0 heterocycles. The Kier molecular flexibility index (Phi) is 5.76. The molecule has 0 saturated heterocycles. The fourth-order valence-electron chi connectivity index (χ4n) is 1.40. The maximum Gasteiger partial charge on any atom is 0.272 e. The summed E-state index contributed by atoms with van der Waals surface area (Å²) in [4.78, 5) is 10.1. The van der Waals surface area contributed by atoms with Crippen LogP contribution < -0.4 is 5.32 Å². The molecule has 6 heteroatoms. The van der Waals surface area contributed by atoms with E-state index in [-0.39, 0.29) is 15.7 Å². The Morgan fingerprint density at radius 3 is 2.44 bits per heavy atom. The van der Waals surface area contributed by atoms with E-state index >= 15 is 0 Å². The first-order chi connectivity index (χ1) is 8.56. The first-order valence-electron chi connectivity index (χ1n) is 5.37. The monoisotopic (exact) mass is 286 g/mol. The second-order valence-electron chi connectivity index (χ2n) is 3.63. The normalized spacial score (nSPS) is 9.83. The van der Waals surface area contributed by atoms with E-state index in [1.807, 2.05) is 0 Å². The van der Waals surface area contributed by atoms with Gasteiger partial charge in [0, 0.05) is 25.1 Å². The van der Waals surface area contributed by atoms with Crippen LogP contribution in [0, 0.1) is 22.5 Å². The first kappa shape index (κ1) is 14.6. The van der Waals surface area contributed by atoms with Crippen molar-refractivity contribution in [3.63, 3.8) is 0 Å². The third-order valence-corrected chi connectivity index (χ3v) is 2.88. The molecule has 0 aliphatic carbocycles. The second kappa shape index (κ2) is 7.10. The molecule has 4 nitrogen and oxygen atoms in total. The fourth-order valence-corrected chi connectivity index (χ4v) is 2.01. The van der Waals surface area contributed by atoms with Crippen molar-refractivity contribution in [2.24, 2.45) is 0 Å². The predicted molar refractivity (Wildman–Crippen MR) is 74.3 cm³/mol. The highest BCUT2D eigenvalue weighted by Gasteiger charge is 2.13. The zero-order chi connectivity index (χ0) is 13.5. The number of terminal acetylenes is 1. The van der Waals surface area contributed by atoms with E-state index in [0.29, 0.717) is 12.2 Å². The highest BCUT2D eigenvalue weighted by atomic mass is 35.5. The van der Waals surface area contributed by atoms with Crippen molar-refractivity contribution >= 4 is 34.6 Å². The Labute approximate surface area is 115 Å². The number of nitrogens with zero attached hydrogens (tertiary/aromatic N) is 1. The van der Waals surface area contributed by atoms with Gasteiger partial charge in [0.1, 0.15) is 0 Å². The topological polar surface area (TPSA) is 55.2 Å². The van der Waals surface area contributed by atoms with E-state index in [1.54, 1.807) is 0 Å². The predicted octanol–water partition coefficient (Wildman–Crippen LogP) is 4.12. The van der Waals surface area contributed by atoms with Gasteiger partial charge in [0.15, 0.2) is 0 Å². The SMILES string of the molecule is C#CCCCCNc1c(Cl)cc([N+](=O)[O-])cc1Cl. The van der Waals surface area contributed by atoms with E-state index in [0.717, 1.165) is 19.3 Å². The molecule has 18 heavy (non-hydrogen) atoms. The Hall–Kier alpha value is -1.44. The molecule has 96 valence electrons. The molecule has 0 aliphatic heterocycles. The number of unbranched alkanes of at least 4 members (excludes halogenated alkanes) is 2. The molecule has 0 atom stereocenters. The molecule has 0 bridgehead atoms. The summed E-state index contributed by atoms with van der Waals surface area (Å²) in [6.45, 7) is 0.666. The van der Waals surface area contributed by atoms with Gasteiger partial charge in [0.25, 0.3) is 5.69 Å². The summed E-state index contributed by atoms with van der Waals surface area (Å²) in [6.07, 6.45) is 7.66. The van der Waals surface area contributed by atoms with E-state index in [2.05, 4.69) is 11.2 Å². The van der Waals surface area contributed by atoms with Crippen LogP contribution in [0.1, 0.15) is 19.3 Å². The molecule has 1 N–H and O–H groups in total. The summed E-state index contributed by atoms with van der Waals surface area (Å²) in [6, 6.07) is 2.55. The van der Waals surface area contributed by atoms with Crippen molar-refractivity contribution in [3.05, 3.63) is 32.3 Å². The molecule has 0 fully saturated rings. The van der Waals surface area contributed by atoms with Crippen molar-refractivity contribution in [1.82, 2.24) is 0 Å². The number of anilines is 1. The Morgan fingerprint density at radius 2 is 1.94 bits per heavy atom. The number of hydrogen-bond acceptors (Lipinski definition) is 3. The first-order valence-corrected chi connectivity index (χ1v) is 6.12. The number of benzene rings is 1. The summed E-state index contributed by atoms with van der Waals surface area (Å²) in [5.74, 6) is 2.55. The van der Waals surface area contributed by atoms with Gasteiger partial charge in [-0.2, -0.15) is 0 Å². The van der Waals surface area contributed by atoms with Crippen molar-refractivity contribution in [3.8, 4) is 12.3 Å². The second-order valence-corrected chi connectivity index (χ2v) is 4.44. The molecule has 1 rings (SSSR count). The molecular weight excluding hydrogens is 275 g/mol. The van der Waals surface area contributed by atoms with Gasteiger partial charge in [-0.3, -0.25) is 10.1 Å². The van der Waals surface area contributed by atoms with Crippen LogP contribution in [0.15, 0.2) is 12.1 Å². The quantitative estimate of drug-likeness (QED) is 0.370. The van der Waals surface area contributed by atoms with Gasteiger partial charge >= 0.3 is 0 Å². The van der Waals surface area contributed by atoms with Gasteiger partial charge < -0.3 is 5.32 Å². The summed E-state index contributed by atoms with van der Waals surface area (Å²) in [7, 11) is 0. The van der Waals surface area contributed by atoms with Crippen LogP contribution in [0.3, 0.4) is 0 Å². The molecule has 0 radical (unpaired) electrons. The minimum atomic E-state index is -0.533. The molecule has 0 saturated carbocycles. The molecule has 1 aromatic rings. The average Bonchev–Trinajstić information content (AvgIpc) is 2.31. The van der Waals surface area contributed by atoms with Crippen molar-refractivity contribution in [2.75, 3.05) is 11.9 Å². The zero-order valence-electron chi connectivity index (χ0n) is 9.58. The molecule has 0 spiro atoms. The molecule has 0 aliphatic rings. The number of nitro groups is 1. The Bertz CT molecular complexity index is 460. The number of rotatable bonds is 6. The maximum absolute atomic E-state index is 10.6. The molecular formula is C12H12Cl2N2O2. The summed E-state index contributed by atoms with van der Waals surface area (Å²) < 4.78 is 0. The highest BCUT2D eigenvalue weighted by molar-refractivity contribution is 6.39. The zero-order valence-corrected chi connectivity index (χ0v) is 11.1. The third kappa shape index (κ3) is 4.10. The van der Waals surface area contributed by atoms with Crippen molar-refractivity contribution in [2.45, 2.75) is 19.3 Å². The minimum Gasteiger partial charge on any atom is -0.383 e. The van der Waals surface area contributed by atoms with Gasteiger partial charge in [-0.05, 0) is 12.8 Å². The van der Waals surface area contributed by atoms with Crippen LogP contribution in [-0.2, 0) is 0 Å². The molecule has 0 aromatic heterocycles. The number of nitrogens with one attached hydrogen (secondary N) is 1. The number of nitro benzene ring substituents is 1. The van der Waals surface area contributed by atoms with Gasteiger partial charge in [0.05, 0.1) is 20.7 Å². The van der Waals surface area contributed by atoms with Crippen molar-refractivity contribution in [1.29, 1.82) is 0 Å². The van der Waals surface area contributed by atoms with Gasteiger partial charge in [-0.25, -0.2) is 0 Å². The summed E-state index contributed by atoms with van der Waals surface area (Å²) >= 11 is 11.9. The fraction of sp³-hybridized carbons (Fsp3) is 0.333. The van der Waals surface area contributed by atoms with Crippen LogP contribution >= 0.6 is 23.2 Å². The van der Waals surface area contributed by atoms with Gasteiger partial charge in [0.2, 0.25) is 0 Å².